The Kier molecular flexibility index (Phi) is 7.42. The molecule has 6 heteroatoms. The molecular formula is C20H24ClFN2O2. The number of halogens is 2. The predicted molar refractivity (Wildman–Crippen MR) is 102 cm³/mol. The number of carbonyl (C=O) groups excluding carboxylic acids is 1. The lowest BCUT2D eigenvalue weighted by Crippen LogP contribution is -2.38. The maximum Gasteiger partial charge on any atom is 0.254 e. The summed E-state index contributed by atoms with van der Waals surface area (Å²) < 4.78 is 19.2. The van der Waals surface area contributed by atoms with Crippen LogP contribution >= 0.6 is 11.6 Å². The fraction of sp³-hybridized carbons (Fsp3) is 0.350. The minimum Gasteiger partial charge on any atom is -0.497 e. The van der Waals surface area contributed by atoms with Gasteiger partial charge < -0.3 is 10.1 Å². The largest absolute Gasteiger partial charge is 0.497 e. The van der Waals surface area contributed by atoms with E-state index in [4.69, 9.17) is 16.3 Å². The first-order valence-electron chi connectivity index (χ1n) is 8.61. The molecule has 1 N–H and O–H groups in total. The summed E-state index contributed by atoms with van der Waals surface area (Å²) in [6, 6.07) is 11.7. The van der Waals surface area contributed by atoms with Crippen molar-refractivity contribution < 1.29 is 13.9 Å². The van der Waals surface area contributed by atoms with Crippen molar-refractivity contribution in [3.05, 3.63) is 64.4 Å². The van der Waals surface area contributed by atoms with Crippen molar-refractivity contribution in [3.63, 3.8) is 0 Å². The molecule has 2 aromatic carbocycles. The van der Waals surface area contributed by atoms with Crippen LogP contribution < -0.4 is 10.1 Å². The first-order valence-corrected chi connectivity index (χ1v) is 8.99. The van der Waals surface area contributed by atoms with Crippen LogP contribution in [0.3, 0.4) is 0 Å². The number of nitrogens with zero attached hydrogens (tertiary/aromatic N) is 1. The van der Waals surface area contributed by atoms with Crippen LogP contribution in [-0.4, -0.2) is 37.6 Å². The quantitative estimate of drug-likeness (QED) is 0.744. The second-order valence-corrected chi connectivity index (χ2v) is 6.28. The molecule has 140 valence electrons. The number of amides is 1. The molecule has 2 aromatic rings. The molecule has 0 radical (unpaired) electrons. The van der Waals surface area contributed by atoms with Crippen LogP contribution in [0.25, 0.3) is 0 Å². The van der Waals surface area contributed by atoms with Gasteiger partial charge >= 0.3 is 0 Å². The van der Waals surface area contributed by atoms with E-state index in [9.17, 15) is 9.18 Å². The molecule has 26 heavy (non-hydrogen) atoms. The van der Waals surface area contributed by atoms with Gasteiger partial charge in [0.15, 0.2) is 0 Å². The zero-order chi connectivity index (χ0) is 19.1. The number of likely N-dealkylation sites (N-methyl/N-ethyl adjacent to an activating group) is 1. The highest BCUT2D eigenvalue weighted by molar-refractivity contribution is 6.31. The lowest BCUT2D eigenvalue weighted by molar-refractivity contribution is 0.0931. The minimum atomic E-state index is -0.590. The van der Waals surface area contributed by atoms with E-state index in [2.05, 4.69) is 24.1 Å². The van der Waals surface area contributed by atoms with Crippen LogP contribution in [0.1, 0.15) is 35.8 Å². The molecule has 2 rings (SSSR count). The summed E-state index contributed by atoms with van der Waals surface area (Å²) in [6.45, 7) is 6.11. The summed E-state index contributed by atoms with van der Waals surface area (Å²) in [5.74, 6) is -0.315. The second-order valence-electron chi connectivity index (χ2n) is 5.85. The average molecular weight is 379 g/mol. The van der Waals surface area contributed by atoms with Gasteiger partial charge in [0.2, 0.25) is 0 Å². The highest BCUT2D eigenvalue weighted by atomic mass is 35.5. The number of methoxy groups -OCH3 is 1. The molecule has 0 unspecified atom stereocenters. The third-order valence-electron chi connectivity index (χ3n) is 4.36. The molecule has 0 fully saturated rings. The van der Waals surface area contributed by atoms with Crippen LogP contribution in [0.4, 0.5) is 4.39 Å². The number of hydrogen-bond acceptors (Lipinski definition) is 3. The number of hydrogen-bond donors (Lipinski definition) is 1. The summed E-state index contributed by atoms with van der Waals surface area (Å²) >= 11 is 5.88. The van der Waals surface area contributed by atoms with Gasteiger partial charge in [-0.15, -0.1) is 0 Å². The Morgan fingerprint density at radius 2 is 1.96 bits per heavy atom. The molecule has 4 nitrogen and oxygen atoms in total. The van der Waals surface area contributed by atoms with Crippen molar-refractivity contribution in [2.75, 3.05) is 26.7 Å². The highest BCUT2D eigenvalue weighted by Gasteiger charge is 2.21. The number of rotatable bonds is 8. The Balaban J connectivity index is 2.21. The topological polar surface area (TPSA) is 41.6 Å². The third kappa shape index (κ3) is 4.96. The van der Waals surface area contributed by atoms with E-state index in [1.54, 1.807) is 7.11 Å². The maximum absolute atomic E-state index is 13.9. The van der Waals surface area contributed by atoms with Gasteiger partial charge in [-0.05, 0) is 49.0 Å². The summed E-state index contributed by atoms with van der Waals surface area (Å²) in [7, 11) is 1.62. The average Bonchev–Trinajstić information content (AvgIpc) is 2.66. The van der Waals surface area contributed by atoms with Crippen LogP contribution in [0, 0.1) is 5.82 Å². The molecule has 0 saturated carbocycles. The lowest BCUT2D eigenvalue weighted by Gasteiger charge is -2.30. The van der Waals surface area contributed by atoms with E-state index >= 15 is 0 Å². The summed E-state index contributed by atoms with van der Waals surface area (Å²) in [6.07, 6.45) is 0. The van der Waals surface area contributed by atoms with Crippen molar-refractivity contribution in [1.82, 2.24) is 10.2 Å². The molecule has 0 heterocycles. The molecule has 1 amide bonds. The number of carbonyl (C=O) groups is 1. The van der Waals surface area contributed by atoms with Gasteiger partial charge in [-0.2, -0.15) is 0 Å². The normalized spacial score (nSPS) is 12.1. The van der Waals surface area contributed by atoms with Crippen molar-refractivity contribution >= 4 is 17.5 Å². The molecule has 0 aliphatic heterocycles. The lowest BCUT2D eigenvalue weighted by atomic mass is 10.0. The van der Waals surface area contributed by atoms with Gasteiger partial charge in [0.25, 0.3) is 5.91 Å². The Bertz CT molecular complexity index is 750. The Hall–Kier alpha value is -2.11. The van der Waals surface area contributed by atoms with Crippen LogP contribution in [0.15, 0.2) is 42.5 Å². The molecule has 0 spiro atoms. The zero-order valence-electron chi connectivity index (χ0n) is 15.3. The minimum absolute atomic E-state index is 0.0497. The SMILES string of the molecule is CCN(CC)[C@H](CNC(=O)c1cc(Cl)ccc1F)c1cccc(OC)c1. The third-order valence-corrected chi connectivity index (χ3v) is 4.60. The van der Waals surface area contributed by atoms with Gasteiger partial charge in [-0.1, -0.05) is 37.6 Å². The van der Waals surface area contributed by atoms with Crippen molar-refractivity contribution in [3.8, 4) is 5.75 Å². The number of benzene rings is 2. The zero-order valence-corrected chi connectivity index (χ0v) is 16.0. The van der Waals surface area contributed by atoms with E-state index < -0.39 is 11.7 Å². The summed E-state index contributed by atoms with van der Waals surface area (Å²) in [5.41, 5.74) is 0.973. The monoisotopic (exact) mass is 378 g/mol. The Labute approximate surface area is 158 Å². The first-order chi connectivity index (χ1) is 12.5. The standard InChI is InChI=1S/C20H24ClFN2O2/c1-4-24(5-2)19(14-7-6-8-16(11-14)26-3)13-23-20(25)17-12-15(21)9-10-18(17)22/h6-12,19H,4-5,13H2,1-3H3,(H,23,25)/t19-/m1/s1. The summed E-state index contributed by atoms with van der Waals surface area (Å²) in [4.78, 5) is 14.6. The van der Waals surface area contributed by atoms with Crippen molar-refractivity contribution in [1.29, 1.82) is 0 Å². The highest BCUT2D eigenvalue weighted by Crippen LogP contribution is 2.24. The van der Waals surface area contributed by atoms with E-state index in [0.29, 0.717) is 11.6 Å². The number of ether oxygens (including phenoxy) is 1. The van der Waals surface area contributed by atoms with Crippen LogP contribution in [0.2, 0.25) is 5.02 Å². The van der Waals surface area contributed by atoms with Crippen LogP contribution in [0.5, 0.6) is 5.75 Å². The molecule has 0 aliphatic carbocycles. The van der Waals surface area contributed by atoms with Crippen LogP contribution in [-0.2, 0) is 0 Å². The van der Waals surface area contributed by atoms with Gasteiger partial charge in [0.1, 0.15) is 11.6 Å². The molecule has 0 bridgehead atoms. The smallest absolute Gasteiger partial charge is 0.254 e. The Morgan fingerprint density at radius 1 is 1.23 bits per heavy atom. The van der Waals surface area contributed by atoms with E-state index in [1.165, 1.54) is 18.2 Å². The fourth-order valence-corrected chi connectivity index (χ4v) is 3.10. The van der Waals surface area contributed by atoms with E-state index in [1.807, 2.05) is 24.3 Å². The van der Waals surface area contributed by atoms with Crippen molar-refractivity contribution in [2.24, 2.45) is 0 Å². The van der Waals surface area contributed by atoms with Gasteiger partial charge in [-0.3, -0.25) is 9.69 Å². The fourth-order valence-electron chi connectivity index (χ4n) is 2.93. The molecule has 1 atom stereocenters. The van der Waals surface area contributed by atoms with Gasteiger partial charge in [0.05, 0.1) is 18.7 Å². The maximum atomic E-state index is 13.9. The number of nitrogens with one attached hydrogen (secondary N) is 1. The van der Waals surface area contributed by atoms with Gasteiger partial charge in [0, 0.05) is 11.6 Å². The van der Waals surface area contributed by atoms with Crippen molar-refractivity contribution in [2.45, 2.75) is 19.9 Å². The van der Waals surface area contributed by atoms with Gasteiger partial charge in [-0.25, -0.2) is 4.39 Å². The molecule has 0 aromatic heterocycles. The first kappa shape index (κ1) is 20.2. The second kappa shape index (κ2) is 9.55. The molecular weight excluding hydrogens is 355 g/mol. The molecule has 0 aliphatic rings. The van der Waals surface area contributed by atoms with E-state index in [-0.39, 0.29) is 11.6 Å². The Morgan fingerprint density at radius 3 is 2.62 bits per heavy atom. The molecule has 0 saturated heterocycles. The predicted octanol–water partition coefficient (Wildman–Crippen LogP) is 4.30. The summed E-state index contributed by atoms with van der Waals surface area (Å²) in [5, 5.41) is 3.16. The van der Waals surface area contributed by atoms with E-state index in [0.717, 1.165) is 24.4 Å².